The Morgan fingerprint density at radius 2 is 0.902 bits per heavy atom. The zero-order valence-electron chi connectivity index (χ0n) is 22.4. The van der Waals surface area contributed by atoms with Crippen LogP contribution < -0.4 is 0 Å². The minimum atomic E-state index is 1.17. The van der Waals surface area contributed by atoms with Gasteiger partial charge in [-0.25, -0.2) is 0 Å². The lowest BCUT2D eigenvalue weighted by atomic mass is 9.89. The Hall–Kier alpha value is -5.40. The van der Waals surface area contributed by atoms with Gasteiger partial charge in [0.2, 0.25) is 0 Å². The standard InChI is InChI=1S/C40H25N/c1-3-16-37-34(14-1)35-15-2-4-17-38(35)41(37)32-13-7-11-30(25-32)29-10-6-12-31(24-29)33-22-20-28-19-18-26-8-5-9-27-21-23-36(33)40(28)39(26)27/h1-25H. The van der Waals surface area contributed by atoms with Crippen LogP contribution in [0.5, 0.6) is 0 Å². The third-order valence-electron chi connectivity index (χ3n) is 8.72. The summed E-state index contributed by atoms with van der Waals surface area (Å²) in [6.45, 7) is 0. The van der Waals surface area contributed by atoms with E-state index in [0.29, 0.717) is 0 Å². The molecule has 9 aromatic rings. The molecule has 0 unspecified atom stereocenters. The first kappa shape index (κ1) is 22.4. The summed E-state index contributed by atoms with van der Waals surface area (Å²) in [5.74, 6) is 0. The topological polar surface area (TPSA) is 4.93 Å². The molecule has 1 heteroatoms. The molecule has 1 heterocycles. The van der Waals surface area contributed by atoms with Gasteiger partial charge >= 0.3 is 0 Å². The van der Waals surface area contributed by atoms with Gasteiger partial charge in [-0.05, 0) is 84.9 Å². The van der Waals surface area contributed by atoms with Gasteiger partial charge in [0.05, 0.1) is 11.0 Å². The highest BCUT2D eigenvalue weighted by molar-refractivity contribution is 6.25. The molecule has 0 amide bonds. The molecular formula is C40H25N. The molecule has 0 aliphatic heterocycles. The van der Waals surface area contributed by atoms with Crippen molar-refractivity contribution >= 4 is 54.1 Å². The number of para-hydroxylation sites is 2. The lowest BCUT2D eigenvalue weighted by molar-refractivity contribution is 1.18. The van der Waals surface area contributed by atoms with Gasteiger partial charge in [0.15, 0.2) is 0 Å². The number of hydrogen-bond donors (Lipinski definition) is 0. The highest BCUT2D eigenvalue weighted by Crippen LogP contribution is 2.40. The van der Waals surface area contributed by atoms with Gasteiger partial charge in [-0.15, -0.1) is 0 Å². The van der Waals surface area contributed by atoms with E-state index in [1.807, 2.05) is 0 Å². The molecule has 9 rings (SSSR count). The van der Waals surface area contributed by atoms with Crippen LogP contribution in [0.3, 0.4) is 0 Å². The molecule has 0 aliphatic carbocycles. The summed E-state index contributed by atoms with van der Waals surface area (Å²) >= 11 is 0. The molecular weight excluding hydrogens is 494 g/mol. The summed E-state index contributed by atoms with van der Waals surface area (Å²) in [6.07, 6.45) is 0. The van der Waals surface area contributed by atoms with Gasteiger partial charge in [-0.3, -0.25) is 0 Å². The maximum Gasteiger partial charge on any atom is 0.0541 e. The van der Waals surface area contributed by atoms with Crippen molar-refractivity contribution in [1.29, 1.82) is 0 Å². The summed E-state index contributed by atoms with van der Waals surface area (Å²) < 4.78 is 2.39. The number of rotatable bonds is 3. The van der Waals surface area contributed by atoms with Crippen molar-refractivity contribution in [3.05, 3.63) is 152 Å². The third-order valence-corrected chi connectivity index (χ3v) is 8.72. The second-order valence-electron chi connectivity index (χ2n) is 11.0. The first-order chi connectivity index (χ1) is 20.3. The molecule has 0 saturated carbocycles. The number of aromatic nitrogens is 1. The quantitative estimate of drug-likeness (QED) is 0.205. The molecule has 1 aromatic heterocycles. The van der Waals surface area contributed by atoms with E-state index in [1.54, 1.807) is 0 Å². The molecule has 0 fully saturated rings. The third kappa shape index (κ3) is 3.30. The number of hydrogen-bond acceptors (Lipinski definition) is 0. The zero-order valence-corrected chi connectivity index (χ0v) is 22.4. The Morgan fingerprint density at radius 3 is 1.66 bits per heavy atom. The van der Waals surface area contributed by atoms with E-state index in [9.17, 15) is 0 Å². The molecule has 1 nitrogen and oxygen atoms in total. The van der Waals surface area contributed by atoms with Gasteiger partial charge < -0.3 is 4.57 Å². The fourth-order valence-corrected chi connectivity index (χ4v) is 6.88. The highest BCUT2D eigenvalue weighted by Gasteiger charge is 2.14. The number of benzene rings is 8. The van der Waals surface area contributed by atoms with E-state index in [4.69, 9.17) is 0 Å². The van der Waals surface area contributed by atoms with Crippen LogP contribution in [-0.2, 0) is 0 Å². The molecule has 8 aromatic carbocycles. The molecule has 190 valence electrons. The largest absolute Gasteiger partial charge is 0.309 e. The van der Waals surface area contributed by atoms with Gasteiger partial charge in [-0.1, -0.05) is 121 Å². The van der Waals surface area contributed by atoms with E-state index in [1.165, 1.54) is 82.1 Å². The second-order valence-corrected chi connectivity index (χ2v) is 11.0. The predicted molar refractivity (Wildman–Crippen MR) is 175 cm³/mol. The summed E-state index contributed by atoms with van der Waals surface area (Å²) in [4.78, 5) is 0. The number of fused-ring (bicyclic) bond motifs is 3. The fourth-order valence-electron chi connectivity index (χ4n) is 6.88. The molecule has 0 atom stereocenters. The van der Waals surface area contributed by atoms with Crippen LogP contribution in [0.2, 0.25) is 0 Å². The van der Waals surface area contributed by atoms with Crippen molar-refractivity contribution in [3.8, 4) is 27.9 Å². The van der Waals surface area contributed by atoms with Gasteiger partial charge in [-0.2, -0.15) is 0 Å². The normalized spacial score (nSPS) is 11.9. The van der Waals surface area contributed by atoms with Gasteiger partial charge in [0, 0.05) is 16.5 Å². The van der Waals surface area contributed by atoms with Crippen LogP contribution in [0, 0.1) is 0 Å². The molecule has 41 heavy (non-hydrogen) atoms. The Bertz CT molecular complexity index is 2350. The first-order valence-corrected chi connectivity index (χ1v) is 14.2. The fraction of sp³-hybridized carbons (Fsp3) is 0. The predicted octanol–water partition coefficient (Wildman–Crippen LogP) is 11.0. The second kappa shape index (κ2) is 8.55. The van der Waals surface area contributed by atoms with Crippen LogP contribution in [0.1, 0.15) is 0 Å². The average molecular weight is 520 g/mol. The van der Waals surface area contributed by atoms with E-state index >= 15 is 0 Å². The van der Waals surface area contributed by atoms with E-state index < -0.39 is 0 Å². The SMILES string of the molecule is c1cc(-c2cccc(-n3c4ccccc4c4ccccc43)c2)cc(-c2ccc3ccc4cccc5ccc2c3c45)c1. The molecule has 0 bridgehead atoms. The Kier molecular flexibility index (Phi) is 4.67. The minimum Gasteiger partial charge on any atom is -0.309 e. The first-order valence-electron chi connectivity index (χ1n) is 14.2. The lowest BCUT2D eigenvalue weighted by Gasteiger charge is -2.15. The van der Waals surface area contributed by atoms with E-state index in [0.717, 1.165) is 0 Å². The molecule has 0 saturated heterocycles. The minimum absolute atomic E-state index is 1.17. The zero-order chi connectivity index (χ0) is 26.9. The Morgan fingerprint density at radius 1 is 0.341 bits per heavy atom. The summed E-state index contributed by atoms with van der Waals surface area (Å²) in [5, 5.41) is 10.5. The van der Waals surface area contributed by atoms with Crippen molar-refractivity contribution in [2.24, 2.45) is 0 Å². The van der Waals surface area contributed by atoms with Crippen molar-refractivity contribution < 1.29 is 0 Å². The summed E-state index contributed by atoms with van der Waals surface area (Å²) in [6, 6.07) is 55.6. The van der Waals surface area contributed by atoms with Crippen molar-refractivity contribution in [2.45, 2.75) is 0 Å². The van der Waals surface area contributed by atoms with E-state index in [2.05, 4.69) is 156 Å². The lowest BCUT2D eigenvalue weighted by Crippen LogP contribution is -1.94. The number of nitrogens with zero attached hydrogens (tertiary/aromatic N) is 1. The van der Waals surface area contributed by atoms with Crippen LogP contribution in [-0.4, -0.2) is 4.57 Å². The van der Waals surface area contributed by atoms with Crippen LogP contribution in [0.25, 0.3) is 82.1 Å². The molecule has 0 spiro atoms. The maximum atomic E-state index is 2.39. The Labute approximate surface area is 237 Å². The molecule has 0 radical (unpaired) electrons. The molecule has 0 aliphatic rings. The van der Waals surface area contributed by atoms with Crippen LogP contribution in [0.15, 0.2) is 152 Å². The van der Waals surface area contributed by atoms with E-state index in [-0.39, 0.29) is 0 Å². The molecule has 0 N–H and O–H groups in total. The van der Waals surface area contributed by atoms with Gasteiger partial charge in [0.25, 0.3) is 0 Å². The monoisotopic (exact) mass is 519 g/mol. The van der Waals surface area contributed by atoms with Crippen LogP contribution in [0.4, 0.5) is 0 Å². The smallest absolute Gasteiger partial charge is 0.0541 e. The van der Waals surface area contributed by atoms with Crippen molar-refractivity contribution in [1.82, 2.24) is 4.57 Å². The Balaban J connectivity index is 1.22. The average Bonchev–Trinajstić information content (AvgIpc) is 3.38. The van der Waals surface area contributed by atoms with Crippen molar-refractivity contribution in [3.63, 3.8) is 0 Å². The van der Waals surface area contributed by atoms with Gasteiger partial charge in [0.1, 0.15) is 0 Å². The van der Waals surface area contributed by atoms with Crippen LogP contribution >= 0.6 is 0 Å². The summed E-state index contributed by atoms with van der Waals surface area (Å²) in [5.41, 5.74) is 8.58. The maximum absolute atomic E-state index is 2.39. The van der Waals surface area contributed by atoms with Crippen molar-refractivity contribution in [2.75, 3.05) is 0 Å². The summed E-state index contributed by atoms with van der Waals surface area (Å²) in [7, 11) is 0. The highest BCUT2D eigenvalue weighted by atomic mass is 15.0.